The number of ether oxygens (including phenoxy) is 1. The molecule has 0 radical (unpaired) electrons. The number of β-amino-alcohol motifs (C(OH)–C–C–N with tert-alkyl or cyclic N) is 1. The smallest absolute Gasteiger partial charge is 0.254 e. The maximum Gasteiger partial charge on any atom is 0.254 e. The quantitative estimate of drug-likeness (QED) is 0.111. The highest BCUT2D eigenvalue weighted by molar-refractivity contribution is 7.13. The van der Waals surface area contributed by atoms with Gasteiger partial charge in [0.05, 0.1) is 45.7 Å². The average molecular weight is 960 g/mol. The van der Waals surface area contributed by atoms with Crippen LogP contribution in [0.25, 0.3) is 21.7 Å². The first-order chi connectivity index (χ1) is 33.5. The summed E-state index contributed by atoms with van der Waals surface area (Å²) in [6, 6.07) is 19.5. The summed E-state index contributed by atoms with van der Waals surface area (Å²) in [6.45, 7) is 17.1. The summed E-state index contributed by atoms with van der Waals surface area (Å²) < 4.78 is 11.9. The van der Waals surface area contributed by atoms with Gasteiger partial charge in [0.1, 0.15) is 24.3 Å². The molecule has 0 aliphatic carbocycles. The Hall–Kier alpha value is -5.66. The highest BCUT2D eigenvalue weighted by atomic mass is 32.1. The second-order valence-electron chi connectivity index (χ2n) is 19.9. The van der Waals surface area contributed by atoms with E-state index in [-0.39, 0.29) is 42.5 Å². The number of piperidine rings is 1. The highest BCUT2D eigenvalue weighted by Crippen LogP contribution is 2.38. The van der Waals surface area contributed by atoms with Crippen LogP contribution < -0.4 is 20.3 Å². The fourth-order valence-electron chi connectivity index (χ4n) is 11.3. The zero-order chi connectivity index (χ0) is 47.8. The molecule has 4 saturated heterocycles. The molecule has 5 aliphatic rings. The Balaban J connectivity index is 0.669. The lowest BCUT2D eigenvalue weighted by Crippen LogP contribution is -2.61. The van der Waals surface area contributed by atoms with E-state index in [4.69, 9.17) is 9.26 Å². The number of fused-ring (bicyclic) bond motifs is 3. The summed E-state index contributed by atoms with van der Waals surface area (Å²) in [7, 11) is 0. The number of aromatic hydroxyl groups is 1. The minimum absolute atomic E-state index is 0.0664. The molecule has 5 aromatic rings. The van der Waals surface area contributed by atoms with Gasteiger partial charge in [0.2, 0.25) is 11.8 Å². The van der Waals surface area contributed by atoms with Crippen molar-refractivity contribution in [3.63, 3.8) is 0 Å². The molecule has 4 fully saturated rings. The molecule has 0 spiro atoms. The lowest BCUT2D eigenvalue weighted by atomic mass is 9.91. The third-order valence-electron chi connectivity index (χ3n) is 15.1. The van der Waals surface area contributed by atoms with Crippen LogP contribution in [0.1, 0.15) is 75.4 Å². The van der Waals surface area contributed by atoms with Gasteiger partial charge in [-0.2, -0.15) is 0 Å². The van der Waals surface area contributed by atoms with E-state index in [9.17, 15) is 19.8 Å². The Kier molecular flexibility index (Phi) is 13.9. The van der Waals surface area contributed by atoms with Crippen molar-refractivity contribution in [2.75, 3.05) is 82.3 Å². The number of carbonyl (C=O) groups is 2. The van der Waals surface area contributed by atoms with Crippen molar-refractivity contribution in [3.05, 3.63) is 83.2 Å². The molecule has 10 rings (SSSR count). The van der Waals surface area contributed by atoms with Crippen molar-refractivity contribution in [1.29, 1.82) is 0 Å². The van der Waals surface area contributed by atoms with Crippen LogP contribution in [-0.2, 0) is 9.59 Å². The minimum Gasteiger partial charge on any atom is -0.507 e. The normalized spacial score (nSPS) is 23.4. The lowest BCUT2D eigenvalue weighted by Gasteiger charge is -2.49. The van der Waals surface area contributed by atoms with Gasteiger partial charge in [-0.1, -0.05) is 50.2 Å². The number of hydrogen-bond donors (Lipinski definition) is 4. The molecule has 17 nitrogen and oxygen atoms in total. The number of phenols is 1. The fraction of sp³-hybridized carbons (Fsp3) is 0.529. The molecule has 0 bridgehead atoms. The predicted molar refractivity (Wildman–Crippen MR) is 264 cm³/mol. The van der Waals surface area contributed by atoms with Crippen LogP contribution in [0.4, 0.5) is 11.5 Å². The number of hydrogen-bond acceptors (Lipinski definition) is 16. The highest BCUT2D eigenvalue weighted by Gasteiger charge is 2.44. The molecule has 366 valence electrons. The number of aryl methyl sites for hydroxylation is 1. The predicted octanol–water partition coefficient (Wildman–Crippen LogP) is 5.38. The zero-order valence-corrected chi connectivity index (χ0v) is 40.9. The van der Waals surface area contributed by atoms with Crippen LogP contribution in [0.3, 0.4) is 0 Å². The largest absolute Gasteiger partial charge is 0.507 e. The number of nitrogens with one attached hydrogen (secondary N) is 2. The van der Waals surface area contributed by atoms with Crippen molar-refractivity contribution in [3.8, 4) is 33.3 Å². The van der Waals surface area contributed by atoms with Crippen LogP contribution in [-0.4, -0.2) is 164 Å². The zero-order valence-electron chi connectivity index (χ0n) is 40.0. The number of thiazole rings is 1. The number of aliphatic hydroxyl groups is 1. The fourth-order valence-corrected chi connectivity index (χ4v) is 12.1. The van der Waals surface area contributed by atoms with Gasteiger partial charge in [0.25, 0.3) is 5.88 Å². The summed E-state index contributed by atoms with van der Waals surface area (Å²) in [5, 5.41) is 40.9. The van der Waals surface area contributed by atoms with Gasteiger partial charge < -0.3 is 39.9 Å². The van der Waals surface area contributed by atoms with Crippen LogP contribution in [0.15, 0.2) is 70.7 Å². The van der Waals surface area contributed by atoms with Crippen molar-refractivity contribution >= 4 is 34.7 Å². The van der Waals surface area contributed by atoms with Gasteiger partial charge in [-0.05, 0) is 93.1 Å². The number of anilines is 2. The Morgan fingerprint density at radius 1 is 0.928 bits per heavy atom. The summed E-state index contributed by atoms with van der Waals surface area (Å²) in [5.74, 6) is 0.299. The van der Waals surface area contributed by atoms with E-state index in [1.54, 1.807) is 23.5 Å². The SMILES string of the molecule is Cc1ncsc1-c1ccc([C@H](C)NC(=O)[C@@H]2C[C@@H](O)CN2C(=O)[C@@H](c2cc(OCCN3CC[C@H](N4CCC(N5CCN6c7cc(-c8ccccc8O)nnc7NC[C@H]6C5)CC4)C3)no2)C(C)C)cc1. The number of piperazine rings is 1. The molecule has 8 heterocycles. The molecule has 69 heavy (non-hydrogen) atoms. The van der Waals surface area contributed by atoms with Gasteiger partial charge in [0, 0.05) is 75.9 Å². The number of amides is 2. The number of benzene rings is 2. The molecule has 18 heteroatoms. The van der Waals surface area contributed by atoms with E-state index < -0.39 is 18.1 Å². The van der Waals surface area contributed by atoms with Gasteiger partial charge in [-0.25, -0.2) is 4.98 Å². The first-order valence-electron chi connectivity index (χ1n) is 24.7. The molecule has 0 saturated carbocycles. The molecule has 4 N–H and O–H groups in total. The second kappa shape index (κ2) is 20.4. The average Bonchev–Trinajstić information content (AvgIpc) is 4.20. The van der Waals surface area contributed by atoms with E-state index in [0.29, 0.717) is 47.6 Å². The van der Waals surface area contributed by atoms with E-state index in [0.717, 1.165) is 98.5 Å². The van der Waals surface area contributed by atoms with Crippen molar-refractivity contribution in [2.45, 2.75) is 95.6 Å². The summed E-state index contributed by atoms with van der Waals surface area (Å²) in [6.07, 6.45) is 2.82. The Labute approximate surface area is 407 Å². The van der Waals surface area contributed by atoms with Crippen LogP contribution >= 0.6 is 11.3 Å². The van der Waals surface area contributed by atoms with E-state index in [1.165, 1.54) is 17.7 Å². The van der Waals surface area contributed by atoms with Gasteiger partial charge >= 0.3 is 0 Å². The topological polar surface area (TPSA) is 189 Å². The maximum absolute atomic E-state index is 14.3. The molecule has 0 unspecified atom stereocenters. The number of phenolic OH excluding ortho intramolecular Hbond substituents is 1. The number of carbonyl (C=O) groups excluding carboxylic acids is 2. The van der Waals surface area contributed by atoms with Crippen LogP contribution in [0, 0.1) is 12.8 Å². The molecule has 6 atom stereocenters. The summed E-state index contributed by atoms with van der Waals surface area (Å²) in [5.41, 5.74) is 7.28. The van der Waals surface area contributed by atoms with Crippen LogP contribution in [0.5, 0.6) is 11.6 Å². The Bertz CT molecular complexity index is 2580. The van der Waals surface area contributed by atoms with E-state index >= 15 is 0 Å². The monoisotopic (exact) mass is 959 g/mol. The lowest BCUT2D eigenvalue weighted by molar-refractivity contribution is -0.141. The van der Waals surface area contributed by atoms with Crippen LogP contribution in [0.2, 0.25) is 0 Å². The maximum atomic E-state index is 14.3. The molecule has 2 aromatic carbocycles. The molecule has 5 aliphatic heterocycles. The number of rotatable bonds is 14. The second-order valence-corrected chi connectivity index (χ2v) is 20.7. The summed E-state index contributed by atoms with van der Waals surface area (Å²) in [4.78, 5) is 45.3. The first kappa shape index (κ1) is 47.0. The molecular formula is C51H65N11O6S. The molecule has 2 amide bonds. The number of aromatic nitrogens is 4. The van der Waals surface area contributed by atoms with Gasteiger partial charge in [0.15, 0.2) is 11.6 Å². The number of nitrogens with zero attached hydrogens (tertiary/aromatic N) is 9. The van der Waals surface area contributed by atoms with Crippen molar-refractivity contribution < 1.29 is 29.1 Å². The Morgan fingerprint density at radius 2 is 1.72 bits per heavy atom. The molecule has 3 aromatic heterocycles. The third kappa shape index (κ3) is 10.0. The van der Waals surface area contributed by atoms with Gasteiger partial charge in [-0.3, -0.25) is 24.3 Å². The number of para-hydroxylation sites is 1. The summed E-state index contributed by atoms with van der Waals surface area (Å²) >= 11 is 1.60. The first-order valence-corrected chi connectivity index (χ1v) is 25.6. The third-order valence-corrected chi connectivity index (χ3v) is 16.1. The van der Waals surface area contributed by atoms with E-state index in [2.05, 4.69) is 56.6 Å². The van der Waals surface area contributed by atoms with Crippen molar-refractivity contribution in [2.24, 2.45) is 5.92 Å². The van der Waals surface area contributed by atoms with E-state index in [1.807, 2.05) is 75.7 Å². The number of likely N-dealkylation sites (tertiary alicyclic amines) is 3. The number of aliphatic hydroxyl groups excluding tert-OH is 1. The molecular weight excluding hydrogens is 895 g/mol. The minimum atomic E-state index is -0.816. The van der Waals surface area contributed by atoms with Crippen molar-refractivity contribution in [1.82, 2.24) is 45.3 Å². The van der Waals surface area contributed by atoms with Gasteiger partial charge in [-0.15, -0.1) is 21.5 Å². The standard InChI is InChI=1S/C51H65N11O6S/c1-31(2)47(51(66)62-29-39(63)23-43(62)50(65)54-32(3)34-9-11-35(12-10-34)48-33(4)53-30-69-48)45-25-46(57-68-45)67-22-21-58-16-13-37(27-58)59-17-14-36(15-18-59)60-19-20-61-38(28-60)26-52-49-42(61)24-41(55-56-49)40-7-5-6-8-44(40)64/h5-12,24-25,30-32,36-39,43,47,63-64H,13-23,26-29H2,1-4H3,(H,52,56)(H,54,65)/t32-,37-,38-,39+,43-,47+/m0/s1. The Morgan fingerprint density at radius 3 is 2.49 bits per heavy atom.